The molecular weight excluding hydrogens is 160 g/mol. The minimum absolute atomic E-state index is 0.617. The highest BCUT2D eigenvalue weighted by molar-refractivity contribution is 5.81. The number of nitrogens with one attached hydrogen (secondary N) is 2. The Hall–Kier alpha value is -1.05. The van der Waals surface area contributed by atoms with Gasteiger partial charge in [0.05, 0.1) is 0 Å². The largest absolute Gasteiger partial charge is 0.391 e. The summed E-state index contributed by atoms with van der Waals surface area (Å²) in [6, 6.07) is 0. The summed E-state index contributed by atoms with van der Waals surface area (Å²) >= 11 is 0. The van der Waals surface area contributed by atoms with Gasteiger partial charge in [0, 0.05) is 24.5 Å². The molecule has 1 unspecified atom stereocenters. The Kier molecular flexibility index (Phi) is 3.29. The van der Waals surface area contributed by atoms with Crippen LogP contribution < -0.4 is 5.32 Å². The molecule has 1 aliphatic carbocycles. The first-order chi connectivity index (χ1) is 6.19. The quantitative estimate of drug-likeness (QED) is 0.639. The highest BCUT2D eigenvalue weighted by atomic mass is 14.8. The van der Waals surface area contributed by atoms with E-state index in [1.807, 2.05) is 13.1 Å². The summed E-state index contributed by atoms with van der Waals surface area (Å²) < 4.78 is 0. The molecule has 0 aliphatic heterocycles. The topological polar surface area (TPSA) is 35.9 Å². The molecule has 0 spiro atoms. The van der Waals surface area contributed by atoms with Crippen LogP contribution in [0.3, 0.4) is 0 Å². The Morgan fingerprint density at radius 2 is 2.31 bits per heavy atom. The maximum atomic E-state index is 7.23. The molecule has 0 amide bonds. The van der Waals surface area contributed by atoms with Crippen LogP contribution in [0.25, 0.3) is 0 Å². The molecule has 1 rings (SSSR count). The minimum atomic E-state index is 0.617. The summed E-state index contributed by atoms with van der Waals surface area (Å²) in [6.07, 6.45) is 6.72. The Bertz CT molecular complexity index is 249. The maximum absolute atomic E-state index is 7.23. The summed E-state index contributed by atoms with van der Waals surface area (Å²) in [5, 5.41) is 10.4. The molecule has 0 aromatic heterocycles. The lowest BCUT2D eigenvalue weighted by atomic mass is 9.86. The average Bonchev–Trinajstić information content (AvgIpc) is 2.16. The van der Waals surface area contributed by atoms with E-state index in [-0.39, 0.29) is 0 Å². The van der Waals surface area contributed by atoms with Crippen LogP contribution in [0.1, 0.15) is 20.3 Å². The first kappa shape index (κ1) is 10.0. The van der Waals surface area contributed by atoms with E-state index in [9.17, 15) is 0 Å². The molecule has 2 N–H and O–H groups in total. The van der Waals surface area contributed by atoms with Gasteiger partial charge in [-0.3, -0.25) is 0 Å². The van der Waals surface area contributed by atoms with Crippen LogP contribution in [0.2, 0.25) is 0 Å². The van der Waals surface area contributed by atoms with Crippen LogP contribution in [0, 0.1) is 17.2 Å². The summed E-state index contributed by atoms with van der Waals surface area (Å²) in [5.74, 6) is 1.29. The first-order valence-electron chi connectivity index (χ1n) is 4.78. The van der Waals surface area contributed by atoms with Crippen molar-refractivity contribution in [1.29, 1.82) is 5.41 Å². The third kappa shape index (κ3) is 2.20. The van der Waals surface area contributed by atoms with Gasteiger partial charge in [0.25, 0.3) is 0 Å². The molecule has 1 atom stereocenters. The molecule has 0 saturated carbocycles. The lowest BCUT2D eigenvalue weighted by Gasteiger charge is -2.23. The Morgan fingerprint density at radius 1 is 1.62 bits per heavy atom. The number of allylic oxidation sites excluding steroid dienone is 4. The zero-order chi connectivity index (χ0) is 9.84. The number of hydrogen-bond acceptors (Lipinski definition) is 2. The molecule has 2 nitrogen and oxygen atoms in total. The van der Waals surface area contributed by atoms with Crippen molar-refractivity contribution >= 4 is 6.21 Å². The SMILES string of the molecule is CNC1=C(C=N)C=CC(C(C)C)C1. The molecule has 0 aromatic rings. The lowest BCUT2D eigenvalue weighted by Crippen LogP contribution is -2.19. The predicted octanol–water partition coefficient (Wildman–Crippen LogP) is 2.34. The van der Waals surface area contributed by atoms with Crippen molar-refractivity contribution in [3.05, 3.63) is 23.4 Å². The van der Waals surface area contributed by atoms with Gasteiger partial charge in [0.1, 0.15) is 0 Å². The zero-order valence-corrected chi connectivity index (χ0v) is 8.59. The molecule has 13 heavy (non-hydrogen) atoms. The van der Waals surface area contributed by atoms with E-state index in [1.54, 1.807) is 0 Å². The Morgan fingerprint density at radius 3 is 2.77 bits per heavy atom. The van der Waals surface area contributed by atoms with Gasteiger partial charge in [0.2, 0.25) is 0 Å². The third-order valence-electron chi connectivity index (χ3n) is 2.62. The van der Waals surface area contributed by atoms with Crippen molar-refractivity contribution in [2.75, 3.05) is 7.05 Å². The van der Waals surface area contributed by atoms with Gasteiger partial charge in [0.15, 0.2) is 0 Å². The van der Waals surface area contributed by atoms with Gasteiger partial charge >= 0.3 is 0 Å². The van der Waals surface area contributed by atoms with Crippen LogP contribution >= 0.6 is 0 Å². The van der Waals surface area contributed by atoms with E-state index < -0.39 is 0 Å². The first-order valence-corrected chi connectivity index (χ1v) is 4.78. The average molecular weight is 178 g/mol. The molecule has 72 valence electrons. The zero-order valence-electron chi connectivity index (χ0n) is 8.59. The van der Waals surface area contributed by atoms with Crippen molar-refractivity contribution in [1.82, 2.24) is 5.32 Å². The van der Waals surface area contributed by atoms with Crippen LogP contribution in [0.15, 0.2) is 23.4 Å². The molecular formula is C11H18N2. The van der Waals surface area contributed by atoms with E-state index in [4.69, 9.17) is 5.41 Å². The van der Waals surface area contributed by atoms with Crippen molar-refractivity contribution in [2.45, 2.75) is 20.3 Å². The second kappa shape index (κ2) is 4.26. The van der Waals surface area contributed by atoms with E-state index in [2.05, 4.69) is 25.2 Å². The van der Waals surface area contributed by atoms with E-state index in [1.165, 1.54) is 11.9 Å². The second-order valence-electron chi connectivity index (χ2n) is 3.80. The van der Waals surface area contributed by atoms with Crippen LogP contribution in [0.4, 0.5) is 0 Å². The molecule has 1 aliphatic rings. The van der Waals surface area contributed by atoms with Crippen LogP contribution in [-0.2, 0) is 0 Å². The van der Waals surface area contributed by atoms with Crippen molar-refractivity contribution in [2.24, 2.45) is 11.8 Å². The molecule has 0 bridgehead atoms. The van der Waals surface area contributed by atoms with Gasteiger partial charge in [-0.1, -0.05) is 26.0 Å². The van der Waals surface area contributed by atoms with Gasteiger partial charge in [-0.15, -0.1) is 0 Å². The van der Waals surface area contributed by atoms with Crippen molar-refractivity contribution in [3.63, 3.8) is 0 Å². The standard InChI is InChI=1S/C11H18N2/c1-8(2)9-4-5-10(7-12)11(6-9)13-3/h4-5,7-9,12-13H,6H2,1-3H3. The van der Waals surface area contributed by atoms with Crippen LogP contribution in [-0.4, -0.2) is 13.3 Å². The monoisotopic (exact) mass is 178 g/mol. The smallest absolute Gasteiger partial charge is 0.0267 e. The molecule has 2 heteroatoms. The summed E-state index contributed by atoms with van der Waals surface area (Å²) in [7, 11) is 1.93. The highest BCUT2D eigenvalue weighted by Gasteiger charge is 2.16. The number of hydrogen-bond donors (Lipinski definition) is 2. The predicted molar refractivity (Wildman–Crippen MR) is 57.0 cm³/mol. The summed E-state index contributed by atoms with van der Waals surface area (Å²) in [6.45, 7) is 4.47. The molecule has 0 radical (unpaired) electrons. The Balaban J connectivity index is 2.80. The molecule has 0 heterocycles. The number of rotatable bonds is 3. The van der Waals surface area contributed by atoms with E-state index >= 15 is 0 Å². The van der Waals surface area contributed by atoms with Crippen molar-refractivity contribution in [3.8, 4) is 0 Å². The van der Waals surface area contributed by atoms with E-state index in [0.717, 1.165) is 12.0 Å². The summed E-state index contributed by atoms with van der Waals surface area (Å²) in [5.41, 5.74) is 2.20. The fraction of sp³-hybridized carbons (Fsp3) is 0.545. The maximum Gasteiger partial charge on any atom is 0.0267 e. The fourth-order valence-electron chi connectivity index (χ4n) is 1.59. The highest BCUT2D eigenvalue weighted by Crippen LogP contribution is 2.26. The van der Waals surface area contributed by atoms with Gasteiger partial charge < -0.3 is 10.7 Å². The summed E-state index contributed by atoms with van der Waals surface area (Å²) in [4.78, 5) is 0. The molecule has 0 fully saturated rings. The normalized spacial score (nSPS) is 22.3. The van der Waals surface area contributed by atoms with Gasteiger partial charge in [-0.05, 0) is 18.3 Å². The van der Waals surface area contributed by atoms with Crippen molar-refractivity contribution < 1.29 is 0 Å². The van der Waals surface area contributed by atoms with Gasteiger partial charge in [-0.25, -0.2) is 0 Å². The molecule has 0 saturated heterocycles. The van der Waals surface area contributed by atoms with E-state index in [0.29, 0.717) is 11.8 Å². The Labute approximate surface area is 80.2 Å². The second-order valence-corrected chi connectivity index (χ2v) is 3.80. The van der Waals surface area contributed by atoms with Crippen LogP contribution in [0.5, 0.6) is 0 Å². The third-order valence-corrected chi connectivity index (χ3v) is 2.62. The minimum Gasteiger partial charge on any atom is -0.391 e. The molecule has 0 aromatic carbocycles. The fourth-order valence-corrected chi connectivity index (χ4v) is 1.59. The van der Waals surface area contributed by atoms with Gasteiger partial charge in [-0.2, -0.15) is 0 Å². The lowest BCUT2D eigenvalue weighted by molar-refractivity contribution is 0.449.